The molecule has 15 heavy (non-hydrogen) atoms. The molecule has 0 amide bonds. The highest BCUT2D eigenvalue weighted by Crippen LogP contribution is 2.22. The number of alkyl halides is 3. The fourth-order valence-corrected chi connectivity index (χ4v) is 0.657. The Hall–Kier alpha value is -0.480. The molecule has 0 aromatic heterocycles. The first kappa shape index (κ1) is 16.9. The molecule has 0 aromatic rings. The normalized spacial score (nSPS) is 13.0. The number of nitrogens with one attached hydrogen (secondary N) is 1. The Kier molecular flexibility index (Phi) is 9.93. The van der Waals surface area contributed by atoms with Gasteiger partial charge in [-0.05, 0) is 24.6 Å². The third-order valence-corrected chi connectivity index (χ3v) is 1.13. The van der Waals surface area contributed by atoms with Gasteiger partial charge in [-0.1, -0.05) is 31.9 Å². The zero-order valence-corrected chi connectivity index (χ0v) is 10.3. The fourth-order valence-electron chi connectivity index (χ4n) is 0.450. The van der Waals surface area contributed by atoms with Gasteiger partial charge in [-0.2, -0.15) is 8.78 Å². The van der Waals surface area contributed by atoms with Crippen LogP contribution >= 0.6 is 23.2 Å². The molecule has 0 unspecified atom stereocenters. The van der Waals surface area contributed by atoms with Gasteiger partial charge in [-0.3, -0.25) is 5.41 Å². The zero-order chi connectivity index (χ0) is 12.5. The Morgan fingerprint density at radius 2 is 1.87 bits per heavy atom. The number of hydrogen-bond acceptors (Lipinski definition) is 1. The van der Waals surface area contributed by atoms with Crippen LogP contribution in [0.15, 0.2) is 16.1 Å². The van der Waals surface area contributed by atoms with Gasteiger partial charge in [0, 0.05) is 5.03 Å². The van der Waals surface area contributed by atoms with E-state index in [-0.39, 0.29) is 5.03 Å². The second-order valence-corrected chi connectivity index (χ2v) is 3.65. The highest BCUT2D eigenvalue weighted by Gasteiger charge is 2.31. The maximum absolute atomic E-state index is 12.4. The number of rotatable bonds is 3. The predicted molar refractivity (Wildman–Crippen MR) is 62.6 cm³/mol. The summed E-state index contributed by atoms with van der Waals surface area (Å²) >= 11 is 9.98. The summed E-state index contributed by atoms with van der Waals surface area (Å²) < 4.78 is 24.7. The number of allylic oxidation sites excluding steroid dienone is 2. The summed E-state index contributed by atoms with van der Waals surface area (Å²) in [6.07, 6.45) is 2.63. The summed E-state index contributed by atoms with van der Waals surface area (Å²) in [5.41, 5.74) is -0.744. The molecule has 0 rings (SSSR count). The van der Waals surface area contributed by atoms with Crippen molar-refractivity contribution in [1.82, 2.24) is 0 Å². The van der Waals surface area contributed by atoms with Crippen LogP contribution in [-0.4, -0.2) is 17.4 Å². The molecule has 88 valence electrons. The van der Waals surface area contributed by atoms with Crippen molar-refractivity contribution in [3.63, 3.8) is 0 Å². The maximum atomic E-state index is 12.4. The van der Waals surface area contributed by atoms with Crippen LogP contribution in [0, 0.1) is 5.41 Å². The van der Waals surface area contributed by atoms with Gasteiger partial charge in [0.15, 0.2) is 0 Å². The third kappa shape index (κ3) is 11.4. The average molecular weight is 259 g/mol. The Morgan fingerprint density at radius 1 is 1.47 bits per heavy atom. The van der Waals surface area contributed by atoms with Gasteiger partial charge in [0.1, 0.15) is 12.1 Å². The molecular weight excluding hydrogens is 245 g/mol. The highest BCUT2D eigenvalue weighted by molar-refractivity contribution is 6.38. The Bertz CT molecular complexity index is 241. The van der Waals surface area contributed by atoms with Crippen molar-refractivity contribution in [2.75, 3.05) is 0 Å². The van der Waals surface area contributed by atoms with Crippen LogP contribution in [0.2, 0.25) is 0 Å². The van der Waals surface area contributed by atoms with E-state index in [1.807, 2.05) is 0 Å². The third-order valence-electron chi connectivity index (χ3n) is 0.830. The first-order chi connectivity index (χ1) is 6.79. The first-order valence-corrected chi connectivity index (χ1v) is 5.02. The number of hydrogen-bond donors (Lipinski definition) is 1. The van der Waals surface area contributed by atoms with Crippen molar-refractivity contribution < 1.29 is 8.78 Å². The summed E-state index contributed by atoms with van der Waals surface area (Å²) in [4.78, 5) is 3.05. The van der Waals surface area contributed by atoms with Crippen LogP contribution in [0.1, 0.15) is 27.2 Å². The Labute approximate surface area is 98.5 Å². The van der Waals surface area contributed by atoms with Gasteiger partial charge < -0.3 is 0 Å². The van der Waals surface area contributed by atoms with E-state index in [1.165, 1.54) is 13.3 Å². The van der Waals surface area contributed by atoms with Crippen molar-refractivity contribution in [2.24, 2.45) is 4.99 Å². The molecule has 2 nitrogen and oxygen atoms in total. The summed E-state index contributed by atoms with van der Waals surface area (Å²) in [6, 6.07) is 0. The van der Waals surface area contributed by atoms with E-state index in [1.54, 1.807) is 0 Å². The molecule has 0 aliphatic heterocycles. The van der Waals surface area contributed by atoms with Gasteiger partial charge in [-0.15, -0.1) is 0 Å². The van der Waals surface area contributed by atoms with Crippen LogP contribution in [0.4, 0.5) is 8.78 Å². The lowest BCUT2D eigenvalue weighted by atomic mass is 10.3. The number of aliphatic imine (C=N–C) groups is 1. The molecule has 0 saturated carbocycles. The second kappa shape index (κ2) is 8.80. The van der Waals surface area contributed by atoms with Crippen molar-refractivity contribution in [2.45, 2.75) is 32.6 Å². The molecule has 0 aliphatic rings. The minimum Gasteiger partial charge on any atom is -0.290 e. The van der Waals surface area contributed by atoms with E-state index in [0.717, 1.165) is 6.08 Å². The summed E-state index contributed by atoms with van der Waals surface area (Å²) in [5, 5.41) is 3.01. The predicted octanol–water partition coefficient (Wildman–Crippen LogP) is 4.42. The van der Waals surface area contributed by atoms with Crippen LogP contribution in [0.3, 0.4) is 0 Å². The molecule has 1 N–H and O–H groups in total. The lowest BCUT2D eigenvalue weighted by Crippen LogP contribution is -2.19. The molecule has 0 atom stereocenters. The van der Waals surface area contributed by atoms with Gasteiger partial charge in [-0.25, -0.2) is 4.99 Å². The largest absolute Gasteiger partial charge is 0.364 e. The standard InChI is InChI=1S/C6H6Cl2F2N2.C3H8/c1-4(7)2-5(12-3-11)6(8,9)10;1-3-2/h2-3,11H,1H3;3H2,1-2H3/b4-2+,11-3?,12-5?;. The molecular formula is C9H14Cl2F2N2. The monoisotopic (exact) mass is 258 g/mol. The van der Waals surface area contributed by atoms with E-state index >= 15 is 0 Å². The fraction of sp³-hybridized carbons (Fsp3) is 0.556. The van der Waals surface area contributed by atoms with Crippen LogP contribution < -0.4 is 0 Å². The first-order valence-electron chi connectivity index (χ1n) is 4.27. The van der Waals surface area contributed by atoms with Crippen LogP contribution in [0.5, 0.6) is 0 Å². The molecule has 0 aliphatic carbocycles. The minimum absolute atomic E-state index is 0.121. The SMILES string of the molecule is C/C(Cl)=C\C(=NC=N)C(F)(F)Cl.CCC. The molecule has 0 spiro atoms. The minimum atomic E-state index is -3.59. The number of halogens is 4. The van der Waals surface area contributed by atoms with E-state index in [2.05, 4.69) is 30.4 Å². The van der Waals surface area contributed by atoms with E-state index in [9.17, 15) is 8.78 Å². The molecule has 0 fully saturated rings. The lowest BCUT2D eigenvalue weighted by Gasteiger charge is -2.06. The van der Waals surface area contributed by atoms with Gasteiger partial charge in [0.05, 0.1) is 0 Å². The highest BCUT2D eigenvalue weighted by atomic mass is 35.5. The van der Waals surface area contributed by atoms with Crippen molar-refractivity contribution >= 4 is 35.3 Å². The van der Waals surface area contributed by atoms with Crippen LogP contribution in [-0.2, 0) is 0 Å². The molecule has 0 aromatic carbocycles. The summed E-state index contributed by atoms with van der Waals surface area (Å²) in [7, 11) is 0. The zero-order valence-electron chi connectivity index (χ0n) is 8.82. The van der Waals surface area contributed by atoms with Gasteiger partial charge >= 0.3 is 5.38 Å². The number of nitrogens with zero attached hydrogens (tertiary/aromatic N) is 1. The van der Waals surface area contributed by atoms with Crippen molar-refractivity contribution in [3.05, 3.63) is 11.1 Å². The summed E-state index contributed by atoms with van der Waals surface area (Å²) in [6.45, 7) is 5.66. The van der Waals surface area contributed by atoms with Crippen LogP contribution in [0.25, 0.3) is 0 Å². The molecule has 0 radical (unpaired) electrons. The Morgan fingerprint density at radius 3 is 2.07 bits per heavy atom. The van der Waals surface area contributed by atoms with E-state index in [4.69, 9.17) is 17.0 Å². The van der Waals surface area contributed by atoms with Crippen molar-refractivity contribution in [3.8, 4) is 0 Å². The van der Waals surface area contributed by atoms with E-state index in [0.29, 0.717) is 6.34 Å². The van der Waals surface area contributed by atoms with E-state index < -0.39 is 11.1 Å². The lowest BCUT2D eigenvalue weighted by molar-refractivity contribution is 0.177. The molecule has 0 bridgehead atoms. The summed E-state index contributed by atoms with van der Waals surface area (Å²) in [5.74, 6) is 0. The topological polar surface area (TPSA) is 36.2 Å². The molecule has 0 heterocycles. The molecule has 6 heteroatoms. The average Bonchev–Trinajstić information content (AvgIpc) is 2.02. The van der Waals surface area contributed by atoms with Crippen molar-refractivity contribution in [1.29, 1.82) is 5.41 Å². The maximum Gasteiger partial charge on any atom is 0.364 e. The molecule has 0 saturated heterocycles. The van der Waals surface area contributed by atoms with Gasteiger partial charge in [0.25, 0.3) is 0 Å². The Balaban J connectivity index is 0. The van der Waals surface area contributed by atoms with Gasteiger partial charge in [0.2, 0.25) is 0 Å². The smallest absolute Gasteiger partial charge is 0.290 e. The second-order valence-electron chi connectivity index (χ2n) is 2.58. The quantitative estimate of drug-likeness (QED) is 0.442.